The first kappa shape index (κ1) is 17.5. The molecule has 7 nitrogen and oxygen atoms in total. The predicted octanol–water partition coefficient (Wildman–Crippen LogP) is -3.03. The molecule has 2 rings (SSSR count). The number of carboxylic acids is 1. The van der Waals surface area contributed by atoms with Gasteiger partial charge < -0.3 is 17.1 Å². The van der Waals surface area contributed by atoms with E-state index in [1.807, 2.05) is 17.5 Å². The van der Waals surface area contributed by atoms with Gasteiger partial charge in [-0.25, -0.2) is 4.79 Å². The van der Waals surface area contributed by atoms with Gasteiger partial charge in [0.15, 0.2) is 0 Å². The molecule has 1 aromatic heterocycles. The number of rotatable bonds is 3. The minimum absolute atomic E-state index is 0.125. The molecule has 0 fully saturated rings. The summed E-state index contributed by atoms with van der Waals surface area (Å²) >= 11 is -2.21. The average molecular weight is 423 g/mol. The number of carboxylic acid groups (broad SMARTS) is 1. The van der Waals surface area contributed by atoms with Crippen molar-refractivity contribution in [2.75, 3.05) is 0 Å². The number of carbonyl (C=O) groups is 1. The summed E-state index contributed by atoms with van der Waals surface area (Å²) in [6.07, 6.45) is 1.67. The van der Waals surface area contributed by atoms with Gasteiger partial charge in [0.1, 0.15) is 11.3 Å². The number of aliphatic imine (C=N–C) groups is 1. The van der Waals surface area contributed by atoms with Crippen LogP contribution in [0, 0.1) is 0 Å². The molecular weight excluding hydrogens is 413 g/mol. The Morgan fingerprint density at radius 3 is 2.48 bits per heavy atom. The third-order valence-electron chi connectivity index (χ3n) is 2.10. The molecule has 0 saturated heterocycles. The van der Waals surface area contributed by atoms with Crippen LogP contribution in [0.5, 0.6) is 5.75 Å². The number of nitrogens with zero attached hydrogens (tertiary/aromatic N) is 1. The summed E-state index contributed by atoms with van der Waals surface area (Å²) in [6, 6.07) is 8.04. The Kier molecular flexibility index (Phi) is 7.25. The molecule has 0 atom stereocenters. The van der Waals surface area contributed by atoms with E-state index in [1.54, 1.807) is 23.6 Å². The van der Waals surface area contributed by atoms with Crippen LogP contribution in [0.2, 0.25) is 0 Å². The molecule has 0 unspecified atom stereocenters. The van der Waals surface area contributed by atoms with Crippen LogP contribution in [0.4, 0.5) is 5.69 Å². The highest BCUT2D eigenvalue weighted by atomic mass is 127. The summed E-state index contributed by atoms with van der Waals surface area (Å²) in [4.78, 5) is 15.8. The number of hydrogen-bond donors (Lipinski definition) is 3. The number of aromatic carboxylic acids is 1. The minimum atomic E-state index is -3.76. The summed E-state index contributed by atoms with van der Waals surface area (Å²) in [7, 11) is 0. The van der Waals surface area contributed by atoms with Crippen LogP contribution < -0.4 is 27.9 Å². The van der Waals surface area contributed by atoms with Crippen molar-refractivity contribution in [1.29, 1.82) is 0 Å². The minimum Gasteiger partial charge on any atom is -0.507 e. The van der Waals surface area contributed by atoms with Crippen molar-refractivity contribution >= 4 is 29.2 Å². The van der Waals surface area contributed by atoms with Crippen LogP contribution in [-0.2, 0) is 0 Å². The number of aromatic hydroxyl groups is 1. The monoisotopic (exact) mass is 423 g/mol. The molecule has 9 heteroatoms. The van der Waals surface area contributed by atoms with Gasteiger partial charge in [0.25, 0.3) is 0 Å². The van der Waals surface area contributed by atoms with E-state index < -0.39 is 27.0 Å². The fraction of sp³-hybridized carbons (Fsp3) is 0. The van der Waals surface area contributed by atoms with E-state index in [0.29, 0.717) is 5.69 Å². The Hall–Kier alpha value is -1.53. The lowest BCUT2D eigenvalue weighted by atomic mass is 10.2. The fourth-order valence-electron chi connectivity index (χ4n) is 1.28. The fourth-order valence-corrected chi connectivity index (χ4v) is 1.87. The number of phenols is 1. The molecule has 112 valence electrons. The first-order chi connectivity index (χ1) is 9.90. The zero-order valence-corrected chi connectivity index (χ0v) is 13.3. The van der Waals surface area contributed by atoms with E-state index in [1.165, 1.54) is 12.1 Å². The van der Waals surface area contributed by atoms with Gasteiger partial charge in [0.05, 0.1) is 5.69 Å². The first-order valence-corrected chi connectivity index (χ1v) is 8.89. The SMILES string of the molecule is O=C(O)c1ccc(/N=C/c2cccs2)cc1O.[O-][I+2]([O-])O. The maximum atomic E-state index is 10.7. The smallest absolute Gasteiger partial charge is 0.503 e. The van der Waals surface area contributed by atoms with Gasteiger partial charge in [-0.2, -0.15) is 0 Å². The quantitative estimate of drug-likeness (QED) is 0.355. The van der Waals surface area contributed by atoms with Gasteiger partial charge in [0.2, 0.25) is 0 Å². The van der Waals surface area contributed by atoms with Gasteiger partial charge in [-0.3, -0.25) is 4.99 Å². The highest BCUT2D eigenvalue weighted by Crippen LogP contribution is 2.24. The summed E-state index contributed by atoms with van der Waals surface area (Å²) in [5.74, 6) is -1.44. The standard InChI is InChI=1S/C12H9NO3S.HIO3/c14-11-6-8(3-4-10(11)12(15)16)13-7-9-2-1-5-17-9;2-1(3)4/h1-7,14H,(H,15,16);2H/b13-7+;. The largest absolute Gasteiger partial charge is 0.507 e. The van der Waals surface area contributed by atoms with Gasteiger partial charge in [-0.1, -0.05) is 6.07 Å². The normalized spacial score (nSPS) is 10.5. The lowest BCUT2D eigenvalue weighted by Crippen LogP contribution is -3.98. The molecule has 0 saturated carbocycles. The Morgan fingerprint density at radius 2 is 2.00 bits per heavy atom. The molecule has 2 aromatic rings. The topological polar surface area (TPSA) is 136 Å². The van der Waals surface area contributed by atoms with Crippen molar-refractivity contribution in [2.24, 2.45) is 4.99 Å². The third-order valence-corrected chi connectivity index (χ3v) is 2.90. The number of hydrogen-bond acceptors (Lipinski definition) is 7. The molecule has 0 bridgehead atoms. The van der Waals surface area contributed by atoms with Crippen molar-refractivity contribution in [3.63, 3.8) is 0 Å². The molecule has 0 aliphatic carbocycles. The molecule has 0 aliphatic rings. The number of benzene rings is 1. The lowest BCUT2D eigenvalue weighted by Gasteiger charge is -1.99. The van der Waals surface area contributed by atoms with E-state index in [4.69, 9.17) is 15.4 Å². The predicted molar refractivity (Wildman–Crippen MR) is 68.9 cm³/mol. The molecule has 1 heterocycles. The molecule has 0 spiro atoms. The van der Waals surface area contributed by atoms with Crippen molar-refractivity contribution in [3.05, 3.63) is 46.2 Å². The molecular formula is C12H10INO6S. The number of thiophene rings is 1. The molecule has 1 aromatic carbocycles. The van der Waals surface area contributed by atoms with Gasteiger partial charge >= 0.3 is 27.0 Å². The first-order valence-electron chi connectivity index (χ1n) is 5.28. The van der Waals surface area contributed by atoms with Gasteiger partial charge in [-0.05, 0) is 27.0 Å². The maximum absolute atomic E-state index is 10.7. The zero-order chi connectivity index (χ0) is 15.8. The van der Waals surface area contributed by atoms with E-state index in [9.17, 15) is 9.90 Å². The van der Waals surface area contributed by atoms with Crippen molar-refractivity contribution in [1.82, 2.24) is 0 Å². The van der Waals surface area contributed by atoms with Crippen LogP contribution in [-0.4, -0.2) is 25.8 Å². The highest BCUT2D eigenvalue weighted by molar-refractivity contribution is 7.11. The third kappa shape index (κ3) is 6.64. The molecule has 0 amide bonds. The van der Waals surface area contributed by atoms with Crippen LogP contribution in [0.25, 0.3) is 0 Å². The average Bonchev–Trinajstić information content (AvgIpc) is 2.88. The van der Waals surface area contributed by atoms with E-state index >= 15 is 0 Å². The van der Waals surface area contributed by atoms with E-state index in [-0.39, 0.29) is 11.3 Å². The Labute approximate surface area is 132 Å². The van der Waals surface area contributed by atoms with Crippen molar-refractivity contribution < 1.29 is 46.4 Å². The second kappa shape index (κ2) is 8.69. The molecule has 3 N–H and O–H groups in total. The van der Waals surface area contributed by atoms with E-state index in [0.717, 1.165) is 4.88 Å². The van der Waals surface area contributed by atoms with Crippen LogP contribution in [0.3, 0.4) is 0 Å². The molecule has 0 radical (unpaired) electrons. The highest BCUT2D eigenvalue weighted by Gasteiger charge is 2.08. The summed E-state index contributed by atoms with van der Waals surface area (Å²) in [5.41, 5.74) is 0.390. The van der Waals surface area contributed by atoms with Crippen LogP contribution in [0.15, 0.2) is 40.7 Å². The second-order valence-electron chi connectivity index (χ2n) is 3.48. The Bertz CT molecular complexity index is 611. The second-order valence-corrected chi connectivity index (χ2v) is 5.61. The van der Waals surface area contributed by atoms with Crippen LogP contribution >= 0.6 is 11.3 Å². The zero-order valence-electron chi connectivity index (χ0n) is 10.3. The van der Waals surface area contributed by atoms with Gasteiger partial charge in [-0.15, -0.1) is 11.3 Å². The summed E-state index contributed by atoms with van der Waals surface area (Å²) < 4.78 is 24.5. The van der Waals surface area contributed by atoms with Crippen LogP contribution in [0.1, 0.15) is 15.2 Å². The van der Waals surface area contributed by atoms with Crippen molar-refractivity contribution in [3.8, 4) is 5.75 Å². The summed E-state index contributed by atoms with van der Waals surface area (Å²) in [5, 5.41) is 20.1. The Morgan fingerprint density at radius 1 is 1.33 bits per heavy atom. The lowest BCUT2D eigenvalue weighted by molar-refractivity contribution is -1.63. The molecule has 0 aliphatic heterocycles. The number of halogens is 1. The maximum Gasteiger partial charge on any atom is 0.503 e. The van der Waals surface area contributed by atoms with E-state index in [2.05, 4.69) is 4.99 Å². The van der Waals surface area contributed by atoms with Crippen molar-refractivity contribution in [2.45, 2.75) is 0 Å². The molecule has 21 heavy (non-hydrogen) atoms. The summed E-state index contributed by atoms with van der Waals surface area (Å²) in [6.45, 7) is 0. The Balaban J connectivity index is 0.000000491. The van der Waals surface area contributed by atoms with Gasteiger partial charge in [0, 0.05) is 17.2 Å².